The summed E-state index contributed by atoms with van der Waals surface area (Å²) in [6.45, 7) is 1.66. The largest absolute Gasteiger partial charge is 0.337 e. The molecule has 2 heteroatoms. The monoisotopic (exact) mass is 327 g/mol. The molecule has 5 rings (SSSR count). The summed E-state index contributed by atoms with van der Waals surface area (Å²) in [6.07, 6.45) is 3.71. The van der Waals surface area contributed by atoms with E-state index in [0.717, 1.165) is 5.56 Å². The third kappa shape index (κ3) is 2.13. The predicted octanol–water partition coefficient (Wildman–Crippen LogP) is 5.83. The van der Waals surface area contributed by atoms with Crippen molar-refractivity contribution in [2.45, 2.75) is 38.1 Å². The summed E-state index contributed by atoms with van der Waals surface area (Å²) >= 11 is 0. The van der Waals surface area contributed by atoms with E-state index in [1.165, 1.54) is 47.0 Å². The first-order chi connectivity index (χ1) is 12.2. The number of nitrogens with zero attached hydrogens (tertiary/aromatic N) is 1. The molecule has 124 valence electrons. The summed E-state index contributed by atoms with van der Waals surface area (Å²) in [5, 5.41) is 2.59. The van der Waals surface area contributed by atoms with Crippen molar-refractivity contribution in [1.82, 2.24) is 0 Å². The number of hydrogen-bond acceptors (Lipinski definition) is 2. The minimum Gasteiger partial charge on any atom is -0.337 e. The van der Waals surface area contributed by atoms with Crippen molar-refractivity contribution in [3.8, 4) is 0 Å². The van der Waals surface area contributed by atoms with Gasteiger partial charge >= 0.3 is 0 Å². The molecule has 0 N–H and O–H groups in total. The van der Waals surface area contributed by atoms with Gasteiger partial charge in [-0.1, -0.05) is 42.8 Å². The van der Waals surface area contributed by atoms with E-state index in [0.29, 0.717) is 12.0 Å². The Morgan fingerprint density at radius 3 is 2.68 bits per heavy atom. The highest BCUT2D eigenvalue weighted by Crippen LogP contribution is 2.53. The molecular weight excluding hydrogens is 306 g/mol. The molecule has 2 atom stereocenters. The highest BCUT2D eigenvalue weighted by molar-refractivity contribution is 5.99. The summed E-state index contributed by atoms with van der Waals surface area (Å²) in [7, 11) is 0. The molecule has 1 heterocycles. The quantitative estimate of drug-likeness (QED) is 0.552. The lowest BCUT2D eigenvalue weighted by molar-refractivity contribution is 0.101. The van der Waals surface area contributed by atoms with Crippen LogP contribution in [0.15, 0.2) is 60.7 Å². The van der Waals surface area contributed by atoms with Crippen LogP contribution in [0.1, 0.15) is 48.0 Å². The molecule has 1 aliphatic heterocycles. The minimum atomic E-state index is 0.154. The van der Waals surface area contributed by atoms with Crippen LogP contribution in [-0.2, 0) is 0 Å². The van der Waals surface area contributed by atoms with Crippen LogP contribution in [0, 0.1) is 0 Å². The molecule has 0 aromatic heterocycles. The maximum Gasteiger partial charge on any atom is 0.159 e. The lowest BCUT2D eigenvalue weighted by atomic mass is 9.95. The van der Waals surface area contributed by atoms with Crippen molar-refractivity contribution in [3.63, 3.8) is 0 Å². The van der Waals surface area contributed by atoms with Crippen LogP contribution in [0.2, 0.25) is 0 Å². The van der Waals surface area contributed by atoms with Gasteiger partial charge in [0.25, 0.3) is 0 Å². The lowest BCUT2D eigenvalue weighted by Gasteiger charge is -2.28. The van der Waals surface area contributed by atoms with Gasteiger partial charge in [-0.25, -0.2) is 0 Å². The van der Waals surface area contributed by atoms with Crippen LogP contribution in [0.4, 0.5) is 11.4 Å². The molecule has 3 aromatic rings. The molecule has 1 saturated carbocycles. The molecule has 1 fully saturated rings. The Balaban J connectivity index is 1.73. The van der Waals surface area contributed by atoms with Gasteiger partial charge in [0.15, 0.2) is 5.78 Å². The van der Waals surface area contributed by atoms with Gasteiger partial charge in [-0.2, -0.15) is 0 Å². The first-order valence-electron chi connectivity index (χ1n) is 9.16. The van der Waals surface area contributed by atoms with E-state index in [9.17, 15) is 4.79 Å². The fourth-order valence-corrected chi connectivity index (χ4v) is 4.81. The van der Waals surface area contributed by atoms with E-state index in [1.807, 2.05) is 6.07 Å². The molecule has 0 bridgehead atoms. The SMILES string of the molecule is CC(=O)c1ccc2c(c1)C1CCCC1N2c1cccc2ccccc12. The van der Waals surface area contributed by atoms with Crippen molar-refractivity contribution in [2.75, 3.05) is 4.90 Å². The average molecular weight is 327 g/mol. The van der Waals surface area contributed by atoms with Crippen LogP contribution in [-0.4, -0.2) is 11.8 Å². The molecule has 25 heavy (non-hydrogen) atoms. The van der Waals surface area contributed by atoms with Crippen molar-refractivity contribution in [3.05, 3.63) is 71.8 Å². The summed E-state index contributed by atoms with van der Waals surface area (Å²) < 4.78 is 0. The Morgan fingerprint density at radius 1 is 0.960 bits per heavy atom. The fourth-order valence-electron chi connectivity index (χ4n) is 4.81. The molecule has 3 aromatic carbocycles. The Hall–Kier alpha value is -2.61. The summed E-state index contributed by atoms with van der Waals surface area (Å²) in [5.41, 5.74) is 4.78. The van der Waals surface area contributed by atoms with Crippen molar-refractivity contribution < 1.29 is 4.79 Å². The zero-order valence-corrected chi connectivity index (χ0v) is 14.4. The number of hydrogen-bond donors (Lipinski definition) is 0. The number of ketones is 1. The van der Waals surface area contributed by atoms with Gasteiger partial charge in [-0.05, 0) is 55.0 Å². The minimum absolute atomic E-state index is 0.154. The van der Waals surface area contributed by atoms with E-state index < -0.39 is 0 Å². The van der Waals surface area contributed by atoms with E-state index in [1.54, 1.807) is 6.92 Å². The number of fused-ring (bicyclic) bond motifs is 4. The summed E-state index contributed by atoms with van der Waals surface area (Å²) in [4.78, 5) is 14.4. The van der Waals surface area contributed by atoms with Gasteiger partial charge in [-0.15, -0.1) is 0 Å². The van der Waals surface area contributed by atoms with Gasteiger partial charge in [0.05, 0.1) is 0 Å². The highest BCUT2D eigenvalue weighted by Gasteiger charge is 2.42. The first-order valence-corrected chi connectivity index (χ1v) is 9.16. The van der Waals surface area contributed by atoms with Crippen LogP contribution < -0.4 is 4.90 Å². The van der Waals surface area contributed by atoms with Gasteiger partial charge in [0.2, 0.25) is 0 Å². The molecule has 1 aliphatic carbocycles. The first kappa shape index (κ1) is 14.7. The fraction of sp³-hybridized carbons (Fsp3) is 0.261. The Labute approximate surface area is 148 Å². The normalized spacial score (nSPS) is 21.4. The van der Waals surface area contributed by atoms with E-state index in [4.69, 9.17) is 0 Å². The lowest BCUT2D eigenvalue weighted by Crippen LogP contribution is -2.26. The maximum absolute atomic E-state index is 11.9. The number of anilines is 2. The van der Waals surface area contributed by atoms with Crippen molar-refractivity contribution >= 4 is 27.9 Å². The zero-order valence-electron chi connectivity index (χ0n) is 14.4. The summed E-state index contributed by atoms with van der Waals surface area (Å²) in [5.74, 6) is 0.703. The molecule has 2 nitrogen and oxygen atoms in total. The number of rotatable bonds is 2. The predicted molar refractivity (Wildman–Crippen MR) is 103 cm³/mol. The Morgan fingerprint density at radius 2 is 1.80 bits per heavy atom. The smallest absolute Gasteiger partial charge is 0.159 e. The second-order valence-corrected chi connectivity index (χ2v) is 7.30. The average Bonchev–Trinajstić information content (AvgIpc) is 3.21. The van der Waals surface area contributed by atoms with Crippen LogP contribution in [0.25, 0.3) is 10.8 Å². The van der Waals surface area contributed by atoms with Gasteiger partial charge < -0.3 is 4.90 Å². The van der Waals surface area contributed by atoms with E-state index in [-0.39, 0.29) is 5.78 Å². The molecular formula is C23H21NO. The molecule has 0 saturated heterocycles. The summed E-state index contributed by atoms with van der Waals surface area (Å²) in [6, 6.07) is 22.0. The second kappa shape index (κ2) is 5.45. The number of carbonyl (C=O) groups excluding carboxylic acids is 1. The Kier molecular flexibility index (Phi) is 3.21. The molecule has 2 aliphatic rings. The van der Waals surface area contributed by atoms with Crippen LogP contribution >= 0.6 is 0 Å². The van der Waals surface area contributed by atoms with Crippen molar-refractivity contribution in [2.24, 2.45) is 0 Å². The third-order valence-electron chi connectivity index (χ3n) is 5.93. The standard InChI is InChI=1S/C23H21NO/c1-15(25)17-12-13-23-20(14-17)19-9-5-11-22(19)24(23)21-10-4-7-16-6-2-3-8-18(16)21/h2-4,6-8,10,12-14,19,22H,5,9,11H2,1H3. The van der Waals surface area contributed by atoms with Gasteiger partial charge in [0.1, 0.15) is 0 Å². The topological polar surface area (TPSA) is 20.3 Å². The highest BCUT2D eigenvalue weighted by atomic mass is 16.1. The molecule has 0 amide bonds. The van der Waals surface area contributed by atoms with Gasteiger partial charge in [-0.3, -0.25) is 4.79 Å². The van der Waals surface area contributed by atoms with Crippen molar-refractivity contribution in [1.29, 1.82) is 0 Å². The molecule has 0 spiro atoms. The van der Waals surface area contributed by atoms with E-state index >= 15 is 0 Å². The molecule has 0 radical (unpaired) electrons. The van der Waals surface area contributed by atoms with Crippen LogP contribution in [0.5, 0.6) is 0 Å². The zero-order chi connectivity index (χ0) is 17.0. The van der Waals surface area contributed by atoms with E-state index in [2.05, 4.69) is 59.5 Å². The van der Waals surface area contributed by atoms with Crippen LogP contribution in [0.3, 0.4) is 0 Å². The third-order valence-corrected chi connectivity index (χ3v) is 5.93. The number of benzene rings is 3. The molecule has 2 unspecified atom stereocenters. The number of carbonyl (C=O) groups is 1. The Bertz CT molecular complexity index is 985. The number of Topliss-reactive ketones (excluding diaryl/α,β-unsaturated/α-hetero) is 1. The second-order valence-electron chi connectivity index (χ2n) is 7.30. The maximum atomic E-state index is 11.9. The van der Waals surface area contributed by atoms with Gasteiger partial charge in [0, 0.05) is 34.3 Å².